The number of nitrogens with one attached hydrogen (secondary N) is 2. The second-order valence-electron chi connectivity index (χ2n) is 6.32. The minimum Gasteiger partial charge on any atom is -0.495 e. The Morgan fingerprint density at radius 3 is 2.75 bits per heavy atom. The average Bonchev–Trinajstić information content (AvgIpc) is 3.12. The number of anilines is 2. The van der Waals surface area contributed by atoms with Gasteiger partial charge in [-0.1, -0.05) is 12.1 Å². The maximum absolute atomic E-state index is 13.2. The van der Waals surface area contributed by atoms with E-state index in [9.17, 15) is 14.0 Å². The molecule has 3 aromatic rings. The van der Waals surface area contributed by atoms with Gasteiger partial charge in [0.05, 0.1) is 24.9 Å². The predicted molar refractivity (Wildman–Crippen MR) is 102 cm³/mol. The van der Waals surface area contributed by atoms with Crippen LogP contribution in [0, 0.1) is 5.82 Å². The summed E-state index contributed by atoms with van der Waals surface area (Å²) in [7, 11) is 1.51. The fourth-order valence-electron chi connectivity index (χ4n) is 3.11. The van der Waals surface area contributed by atoms with Gasteiger partial charge in [-0.2, -0.15) is 5.10 Å². The molecule has 0 bridgehead atoms. The summed E-state index contributed by atoms with van der Waals surface area (Å²) >= 11 is 0. The van der Waals surface area contributed by atoms with Crippen molar-refractivity contribution in [2.24, 2.45) is 0 Å². The molecule has 2 N–H and O–H groups in total. The molecule has 8 heteroatoms. The van der Waals surface area contributed by atoms with Crippen LogP contribution in [-0.4, -0.2) is 28.7 Å². The monoisotopic (exact) mass is 380 g/mol. The standard InChI is InChI=1S/C20H17FN4O3/c1-28-17-5-3-2-4-14(17)22-20(27)16-11-19(26)23-18-10-15(24-25(16)18)12-6-8-13(21)9-7-12/h2-10,16H,11H2,1H3,(H,22,27)(H,23,26)/t16-/m0/s1. The molecule has 28 heavy (non-hydrogen) atoms. The number of ether oxygens (including phenoxy) is 1. The molecular weight excluding hydrogens is 363 g/mol. The molecule has 0 radical (unpaired) electrons. The van der Waals surface area contributed by atoms with Crippen molar-refractivity contribution in [3.05, 3.63) is 60.4 Å². The van der Waals surface area contributed by atoms with Crippen LogP contribution in [0.15, 0.2) is 54.6 Å². The first-order valence-electron chi connectivity index (χ1n) is 8.64. The number of hydrogen-bond donors (Lipinski definition) is 2. The van der Waals surface area contributed by atoms with E-state index in [2.05, 4.69) is 15.7 Å². The van der Waals surface area contributed by atoms with Crippen LogP contribution < -0.4 is 15.4 Å². The number of methoxy groups -OCH3 is 1. The van der Waals surface area contributed by atoms with Crippen molar-refractivity contribution < 1.29 is 18.7 Å². The molecule has 0 spiro atoms. The van der Waals surface area contributed by atoms with Gasteiger partial charge in [0.1, 0.15) is 23.4 Å². The number of carbonyl (C=O) groups is 2. The van der Waals surface area contributed by atoms with Crippen LogP contribution in [0.25, 0.3) is 11.3 Å². The second kappa shape index (κ2) is 7.15. The first-order chi connectivity index (χ1) is 13.5. The zero-order valence-corrected chi connectivity index (χ0v) is 15.0. The lowest BCUT2D eigenvalue weighted by Gasteiger charge is -2.24. The van der Waals surface area contributed by atoms with Crippen molar-refractivity contribution >= 4 is 23.3 Å². The molecule has 0 saturated heterocycles. The van der Waals surface area contributed by atoms with Gasteiger partial charge in [-0.3, -0.25) is 9.59 Å². The van der Waals surface area contributed by atoms with E-state index in [0.717, 1.165) is 0 Å². The van der Waals surface area contributed by atoms with Crippen molar-refractivity contribution in [2.75, 3.05) is 17.7 Å². The average molecular weight is 380 g/mol. The Bertz CT molecular complexity index is 1050. The van der Waals surface area contributed by atoms with Gasteiger partial charge in [-0.05, 0) is 36.4 Å². The number of aromatic nitrogens is 2. The van der Waals surface area contributed by atoms with Gasteiger partial charge >= 0.3 is 0 Å². The van der Waals surface area contributed by atoms with E-state index >= 15 is 0 Å². The summed E-state index contributed by atoms with van der Waals surface area (Å²) in [6.07, 6.45) is -0.0431. The Morgan fingerprint density at radius 1 is 1.25 bits per heavy atom. The van der Waals surface area contributed by atoms with Gasteiger partial charge in [0.25, 0.3) is 0 Å². The molecule has 2 heterocycles. The van der Waals surface area contributed by atoms with E-state index in [4.69, 9.17) is 4.74 Å². The number of rotatable bonds is 4. The first-order valence-corrected chi connectivity index (χ1v) is 8.64. The van der Waals surface area contributed by atoms with E-state index in [1.54, 1.807) is 42.5 Å². The number of para-hydroxylation sites is 2. The highest BCUT2D eigenvalue weighted by Gasteiger charge is 2.32. The SMILES string of the molecule is COc1ccccc1NC(=O)[C@@H]1CC(=O)Nc2cc(-c3ccc(F)cc3)nn21. The van der Waals surface area contributed by atoms with Gasteiger partial charge in [0.15, 0.2) is 0 Å². The zero-order chi connectivity index (χ0) is 19.7. The Kier molecular flexibility index (Phi) is 4.52. The van der Waals surface area contributed by atoms with Gasteiger partial charge in [0.2, 0.25) is 11.8 Å². The highest BCUT2D eigenvalue weighted by molar-refractivity contribution is 6.02. The number of benzene rings is 2. The third-order valence-corrected chi connectivity index (χ3v) is 4.48. The normalized spacial score (nSPS) is 15.5. The lowest BCUT2D eigenvalue weighted by Crippen LogP contribution is -2.35. The minimum atomic E-state index is -0.817. The largest absolute Gasteiger partial charge is 0.495 e. The Labute approximate surface area is 160 Å². The third kappa shape index (κ3) is 3.32. The third-order valence-electron chi connectivity index (χ3n) is 4.48. The van der Waals surface area contributed by atoms with Crippen molar-refractivity contribution in [3.63, 3.8) is 0 Å². The summed E-state index contributed by atoms with van der Waals surface area (Å²) in [5.74, 6) is -0.0813. The van der Waals surface area contributed by atoms with Gasteiger partial charge < -0.3 is 15.4 Å². The number of halogens is 1. The molecule has 1 atom stereocenters. The van der Waals surface area contributed by atoms with E-state index < -0.39 is 6.04 Å². The fourth-order valence-corrected chi connectivity index (χ4v) is 3.11. The van der Waals surface area contributed by atoms with Crippen LogP contribution in [0.5, 0.6) is 5.75 Å². The Balaban J connectivity index is 1.65. The highest BCUT2D eigenvalue weighted by Crippen LogP contribution is 2.31. The maximum atomic E-state index is 13.2. The van der Waals surface area contributed by atoms with Crippen LogP contribution in [-0.2, 0) is 9.59 Å². The van der Waals surface area contributed by atoms with Crippen LogP contribution in [0.4, 0.5) is 15.9 Å². The minimum absolute atomic E-state index is 0.0431. The van der Waals surface area contributed by atoms with Gasteiger partial charge in [-0.15, -0.1) is 0 Å². The molecule has 0 fully saturated rings. The molecular formula is C20H17FN4O3. The van der Waals surface area contributed by atoms with Crippen LogP contribution >= 0.6 is 0 Å². The lowest BCUT2D eigenvalue weighted by atomic mass is 10.1. The molecule has 0 saturated carbocycles. The van der Waals surface area contributed by atoms with E-state index in [1.807, 2.05) is 0 Å². The summed E-state index contributed by atoms with van der Waals surface area (Å²) in [5.41, 5.74) is 1.72. The quantitative estimate of drug-likeness (QED) is 0.728. The summed E-state index contributed by atoms with van der Waals surface area (Å²) in [6, 6.07) is 13.7. The Hall–Kier alpha value is -3.68. The van der Waals surface area contributed by atoms with Crippen LogP contribution in [0.2, 0.25) is 0 Å². The predicted octanol–water partition coefficient (Wildman–Crippen LogP) is 3.22. The van der Waals surface area contributed by atoms with Crippen molar-refractivity contribution in [1.29, 1.82) is 0 Å². The fraction of sp³-hybridized carbons (Fsp3) is 0.150. The van der Waals surface area contributed by atoms with Crippen LogP contribution in [0.3, 0.4) is 0 Å². The number of fused-ring (bicyclic) bond motifs is 1. The molecule has 1 aliphatic rings. The Morgan fingerprint density at radius 2 is 2.00 bits per heavy atom. The molecule has 1 aliphatic heterocycles. The summed E-state index contributed by atoms with van der Waals surface area (Å²) in [5, 5.41) is 9.97. The van der Waals surface area contributed by atoms with E-state index in [1.165, 1.54) is 23.9 Å². The molecule has 2 amide bonds. The van der Waals surface area contributed by atoms with Crippen molar-refractivity contribution in [3.8, 4) is 17.0 Å². The van der Waals surface area contributed by atoms with E-state index in [0.29, 0.717) is 28.5 Å². The zero-order valence-electron chi connectivity index (χ0n) is 15.0. The smallest absolute Gasteiger partial charge is 0.249 e. The topological polar surface area (TPSA) is 85.2 Å². The number of nitrogens with zero attached hydrogens (tertiary/aromatic N) is 2. The molecule has 1 aromatic heterocycles. The number of hydrogen-bond acceptors (Lipinski definition) is 4. The molecule has 0 unspecified atom stereocenters. The van der Waals surface area contributed by atoms with Gasteiger partial charge in [0, 0.05) is 11.6 Å². The molecule has 142 valence electrons. The summed E-state index contributed by atoms with van der Waals surface area (Å²) in [6.45, 7) is 0. The number of amides is 2. The number of carbonyl (C=O) groups excluding carboxylic acids is 2. The van der Waals surface area contributed by atoms with Gasteiger partial charge in [-0.25, -0.2) is 9.07 Å². The van der Waals surface area contributed by atoms with E-state index in [-0.39, 0.29) is 24.1 Å². The maximum Gasteiger partial charge on any atom is 0.249 e. The molecule has 7 nitrogen and oxygen atoms in total. The van der Waals surface area contributed by atoms with Crippen LogP contribution in [0.1, 0.15) is 12.5 Å². The summed E-state index contributed by atoms with van der Waals surface area (Å²) < 4.78 is 19.9. The van der Waals surface area contributed by atoms with Crippen molar-refractivity contribution in [2.45, 2.75) is 12.5 Å². The molecule has 2 aromatic carbocycles. The van der Waals surface area contributed by atoms with Crippen molar-refractivity contribution in [1.82, 2.24) is 9.78 Å². The lowest BCUT2D eigenvalue weighted by molar-refractivity contribution is -0.125. The summed E-state index contributed by atoms with van der Waals surface area (Å²) in [4.78, 5) is 25.0. The highest BCUT2D eigenvalue weighted by atomic mass is 19.1. The molecule has 4 rings (SSSR count). The second-order valence-corrected chi connectivity index (χ2v) is 6.32. The molecule has 0 aliphatic carbocycles. The first kappa shape index (κ1) is 17.7.